The van der Waals surface area contributed by atoms with E-state index in [9.17, 15) is 4.79 Å². The Morgan fingerprint density at radius 1 is 1.13 bits per heavy atom. The van der Waals surface area contributed by atoms with E-state index in [1.807, 2.05) is 35.7 Å². The summed E-state index contributed by atoms with van der Waals surface area (Å²) in [6.45, 7) is 0. The molecule has 0 amide bonds. The van der Waals surface area contributed by atoms with Crippen molar-refractivity contribution in [2.45, 2.75) is 0 Å². The summed E-state index contributed by atoms with van der Waals surface area (Å²) in [5, 5.41) is 2.03. The van der Waals surface area contributed by atoms with Crippen LogP contribution in [0.1, 0.15) is 10.4 Å². The van der Waals surface area contributed by atoms with Crippen LogP contribution in [0.2, 0.25) is 0 Å². The molecule has 0 saturated carbocycles. The molecule has 0 bridgehead atoms. The fourth-order valence-electron chi connectivity index (χ4n) is 1.42. The molecule has 1 aromatic heterocycles. The normalized spacial score (nSPS) is 16.3. The summed E-state index contributed by atoms with van der Waals surface area (Å²) >= 11 is -0.188. The number of hydrogen-bond donors (Lipinski definition) is 0. The summed E-state index contributed by atoms with van der Waals surface area (Å²) in [6, 6.07) is 11.8. The van der Waals surface area contributed by atoms with Crippen molar-refractivity contribution in [1.29, 1.82) is 0 Å². The first-order valence-electron chi connectivity index (χ1n) is 4.41. The van der Waals surface area contributed by atoms with Gasteiger partial charge in [0.25, 0.3) is 0 Å². The Kier molecular flexibility index (Phi) is 2.25. The maximum atomic E-state index is 11.6. The van der Waals surface area contributed by atoms with Gasteiger partial charge in [-0.1, -0.05) is 0 Å². The zero-order chi connectivity index (χ0) is 10.3. The molecule has 2 nitrogen and oxygen atoms in total. The summed E-state index contributed by atoms with van der Waals surface area (Å²) in [4.78, 5) is 11.6. The third-order valence-electron chi connectivity index (χ3n) is 2.08. The molecule has 1 aliphatic rings. The van der Waals surface area contributed by atoms with Crippen molar-refractivity contribution in [3.05, 3.63) is 53.8 Å². The number of benzene rings is 1. The zero-order valence-electron chi connectivity index (χ0n) is 7.64. The molecule has 0 atom stereocenters. The Bertz CT molecular complexity index is 507. The van der Waals surface area contributed by atoms with Crippen LogP contribution in [0.4, 0.5) is 0 Å². The predicted molar refractivity (Wildman–Crippen MR) is 67.6 cm³/mol. The average Bonchev–Trinajstić information content (AvgIpc) is 2.87. The van der Waals surface area contributed by atoms with E-state index >= 15 is 0 Å². The van der Waals surface area contributed by atoms with Gasteiger partial charge >= 0.3 is 99.2 Å². The van der Waals surface area contributed by atoms with Crippen LogP contribution in [0.5, 0.6) is 0 Å². The Balaban J connectivity index is 2.13. The van der Waals surface area contributed by atoms with Gasteiger partial charge in [0.1, 0.15) is 0 Å². The standard InChI is InChI=1S/C11H7IO2S/c13-11-8-4-1-2-5-9(8)12(14-11)10-6-3-7-15-10/h1-7H. The number of rotatable bonds is 1. The van der Waals surface area contributed by atoms with E-state index in [0.717, 1.165) is 9.13 Å². The molecule has 15 heavy (non-hydrogen) atoms. The van der Waals surface area contributed by atoms with E-state index in [0.29, 0.717) is 0 Å². The van der Waals surface area contributed by atoms with Crippen molar-refractivity contribution in [2.75, 3.05) is 0 Å². The van der Waals surface area contributed by atoms with Crippen LogP contribution in [0.25, 0.3) is 0 Å². The predicted octanol–water partition coefficient (Wildman–Crippen LogP) is 3.38. The first-order valence-corrected chi connectivity index (χ1v) is 8.33. The van der Waals surface area contributed by atoms with Gasteiger partial charge in [0.05, 0.1) is 0 Å². The molecular weight excluding hydrogens is 323 g/mol. The van der Waals surface area contributed by atoms with Crippen LogP contribution >= 0.6 is 31.6 Å². The van der Waals surface area contributed by atoms with Crippen molar-refractivity contribution < 1.29 is 7.86 Å². The second kappa shape index (κ2) is 3.61. The van der Waals surface area contributed by atoms with Crippen molar-refractivity contribution in [1.82, 2.24) is 0 Å². The van der Waals surface area contributed by atoms with Gasteiger partial charge in [-0.15, -0.1) is 0 Å². The summed E-state index contributed by atoms with van der Waals surface area (Å²) in [7, 11) is 0. The summed E-state index contributed by atoms with van der Waals surface area (Å²) in [5.41, 5.74) is 0.760. The molecule has 2 aromatic rings. The number of carbonyl (C=O) groups is 1. The fraction of sp³-hybridized carbons (Fsp3) is 0. The van der Waals surface area contributed by atoms with Crippen molar-refractivity contribution in [3.63, 3.8) is 0 Å². The molecule has 3 rings (SSSR count). The monoisotopic (exact) mass is 330 g/mol. The summed E-state index contributed by atoms with van der Waals surface area (Å²) in [5.74, 6) is -0.149. The second-order valence-corrected chi connectivity index (χ2v) is 8.88. The van der Waals surface area contributed by atoms with Crippen LogP contribution < -0.4 is 0 Å². The molecule has 1 aromatic carbocycles. The van der Waals surface area contributed by atoms with Gasteiger partial charge in [0.2, 0.25) is 0 Å². The minimum absolute atomic E-state index is 0.149. The van der Waals surface area contributed by atoms with Crippen molar-refractivity contribution in [2.24, 2.45) is 0 Å². The van der Waals surface area contributed by atoms with E-state index in [4.69, 9.17) is 3.07 Å². The Morgan fingerprint density at radius 3 is 2.80 bits per heavy atom. The van der Waals surface area contributed by atoms with E-state index in [1.54, 1.807) is 11.3 Å². The maximum absolute atomic E-state index is 11.6. The SMILES string of the molecule is O=C1OI(c2cccs2)c2ccccc21. The van der Waals surface area contributed by atoms with Gasteiger partial charge in [-0.3, -0.25) is 0 Å². The van der Waals surface area contributed by atoms with Gasteiger partial charge in [0, 0.05) is 0 Å². The molecule has 4 heteroatoms. The van der Waals surface area contributed by atoms with Gasteiger partial charge in [-0.2, -0.15) is 0 Å². The first-order chi connectivity index (χ1) is 7.36. The van der Waals surface area contributed by atoms with Crippen LogP contribution in [0.3, 0.4) is 0 Å². The topological polar surface area (TPSA) is 26.3 Å². The third kappa shape index (κ3) is 1.48. The molecule has 0 aliphatic carbocycles. The van der Waals surface area contributed by atoms with Crippen molar-refractivity contribution >= 4 is 37.5 Å². The van der Waals surface area contributed by atoms with Gasteiger partial charge in [-0.25, -0.2) is 0 Å². The molecule has 0 unspecified atom stereocenters. The zero-order valence-corrected chi connectivity index (χ0v) is 10.6. The molecule has 0 radical (unpaired) electrons. The van der Waals surface area contributed by atoms with E-state index < -0.39 is 20.2 Å². The Labute approximate surface area is 98.8 Å². The van der Waals surface area contributed by atoms with Crippen molar-refractivity contribution in [3.8, 4) is 0 Å². The molecule has 1 aliphatic heterocycles. The summed E-state index contributed by atoms with van der Waals surface area (Å²) < 4.78 is 7.87. The minimum atomic E-state index is -1.87. The summed E-state index contributed by atoms with van der Waals surface area (Å²) in [6.07, 6.45) is 0. The molecular formula is C11H7IO2S. The molecule has 0 spiro atoms. The number of fused-ring (bicyclic) bond motifs is 1. The van der Waals surface area contributed by atoms with E-state index in [-0.39, 0.29) is 5.97 Å². The molecule has 0 fully saturated rings. The third-order valence-corrected chi connectivity index (χ3v) is 8.60. The average molecular weight is 330 g/mol. The number of carbonyl (C=O) groups excluding carboxylic acids is 1. The van der Waals surface area contributed by atoms with Crippen LogP contribution in [-0.2, 0) is 3.07 Å². The Morgan fingerprint density at radius 2 is 2.00 bits per heavy atom. The molecule has 0 N–H and O–H groups in total. The van der Waals surface area contributed by atoms with Gasteiger partial charge in [-0.05, 0) is 0 Å². The fourth-order valence-corrected chi connectivity index (χ4v) is 7.51. The molecule has 2 heterocycles. The molecule has 76 valence electrons. The number of halogens is 1. The first kappa shape index (κ1) is 9.35. The van der Waals surface area contributed by atoms with Crippen LogP contribution in [0, 0.1) is 6.45 Å². The van der Waals surface area contributed by atoms with Crippen LogP contribution in [-0.4, -0.2) is 5.97 Å². The van der Waals surface area contributed by atoms with E-state index in [2.05, 4.69) is 6.07 Å². The molecule has 0 saturated heterocycles. The number of thiophene rings is 1. The van der Waals surface area contributed by atoms with Crippen LogP contribution in [0.15, 0.2) is 41.8 Å². The quantitative estimate of drug-likeness (QED) is 0.750. The van der Waals surface area contributed by atoms with Gasteiger partial charge < -0.3 is 0 Å². The Hall–Kier alpha value is -0.880. The van der Waals surface area contributed by atoms with E-state index in [1.165, 1.54) is 2.88 Å². The second-order valence-electron chi connectivity index (χ2n) is 3.01. The number of hydrogen-bond acceptors (Lipinski definition) is 3. The van der Waals surface area contributed by atoms with Gasteiger partial charge in [0.15, 0.2) is 0 Å².